The maximum absolute atomic E-state index is 13.9. The second-order valence-corrected chi connectivity index (χ2v) is 6.12. The molecule has 1 aliphatic rings. The average molecular weight is 316 g/mol. The molecule has 21 heavy (non-hydrogen) atoms. The Balaban J connectivity index is 2.11. The number of nitrogens with zero attached hydrogens (tertiary/aromatic N) is 1. The van der Waals surface area contributed by atoms with Crippen molar-refractivity contribution in [1.29, 1.82) is 0 Å². The van der Waals surface area contributed by atoms with Crippen LogP contribution in [0.3, 0.4) is 0 Å². The Kier molecular flexibility index (Phi) is 5.11. The van der Waals surface area contributed by atoms with Crippen molar-refractivity contribution in [3.63, 3.8) is 0 Å². The first-order chi connectivity index (χ1) is 10.0. The van der Waals surface area contributed by atoms with Crippen molar-refractivity contribution >= 4 is 23.4 Å². The number of nitro groups is 1. The van der Waals surface area contributed by atoms with Gasteiger partial charge in [-0.2, -0.15) is 16.2 Å². The minimum Gasteiger partial charge on any atom is -0.351 e. The van der Waals surface area contributed by atoms with E-state index in [-0.39, 0.29) is 5.25 Å². The van der Waals surface area contributed by atoms with E-state index >= 15 is 0 Å². The van der Waals surface area contributed by atoms with Gasteiger partial charge in [0, 0.05) is 17.9 Å². The van der Waals surface area contributed by atoms with E-state index < -0.39 is 33.7 Å². The summed E-state index contributed by atoms with van der Waals surface area (Å²) in [6.45, 7) is 0.297. The molecule has 1 heterocycles. The summed E-state index contributed by atoms with van der Waals surface area (Å²) in [5.41, 5.74) is -1.81. The van der Waals surface area contributed by atoms with E-state index in [9.17, 15) is 23.7 Å². The first-order valence-electron chi connectivity index (χ1n) is 6.53. The van der Waals surface area contributed by atoms with Crippen LogP contribution in [0.15, 0.2) is 12.1 Å². The van der Waals surface area contributed by atoms with Crippen LogP contribution in [0, 0.1) is 21.7 Å². The number of carbonyl (C=O) groups excluding carboxylic acids is 1. The Hall–Kier alpha value is -1.70. The fourth-order valence-corrected chi connectivity index (χ4v) is 3.39. The lowest BCUT2D eigenvalue weighted by Crippen LogP contribution is -2.33. The quantitative estimate of drug-likeness (QED) is 0.685. The molecule has 1 amide bonds. The van der Waals surface area contributed by atoms with Crippen molar-refractivity contribution in [1.82, 2.24) is 5.32 Å². The lowest BCUT2D eigenvalue weighted by Gasteiger charge is -2.21. The number of carbonyl (C=O) groups is 1. The Bertz CT molecular complexity index is 563. The maximum Gasteiger partial charge on any atom is 0.305 e. The van der Waals surface area contributed by atoms with Crippen molar-refractivity contribution in [2.24, 2.45) is 0 Å². The van der Waals surface area contributed by atoms with Gasteiger partial charge in [0.25, 0.3) is 5.91 Å². The number of amides is 1. The zero-order valence-corrected chi connectivity index (χ0v) is 11.9. The van der Waals surface area contributed by atoms with Crippen LogP contribution in [-0.2, 0) is 0 Å². The lowest BCUT2D eigenvalue weighted by atomic mass is 10.1. The minimum atomic E-state index is -1.44. The SMILES string of the molecule is O=C(NCC1CCCCS1)c1c(F)ccc([N+](=O)[O-])c1F. The van der Waals surface area contributed by atoms with E-state index in [1.165, 1.54) is 0 Å². The first-order valence-corrected chi connectivity index (χ1v) is 7.57. The predicted octanol–water partition coefficient (Wildman–Crippen LogP) is 2.89. The Morgan fingerprint density at radius 1 is 1.43 bits per heavy atom. The molecule has 0 aromatic heterocycles. The normalized spacial score (nSPS) is 18.3. The van der Waals surface area contributed by atoms with Gasteiger partial charge in [-0.1, -0.05) is 6.42 Å². The van der Waals surface area contributed by atoms with Gasteiger partial charge in [-0.15, -0.1) is 0 Å². The summed E-state index contributed by atoms with van der Waals surface area (Å²) < 4.78 is 27.4. The van der Waals surface area contributed by atoms with Gasteiger partial charge in [-0.3, -0.25) is 14.9 Å². The smallest absolute Gasteiger partial charge is 0.305 e. The summed E-state index contributed by atoms with van der Waals surface area (Å²) in [5, 5.41) is 13.3. The second kappa shape index (κ2) is 6.84. The fourth-order valence-electron chi connectivity index (χ4n) is 2.15. The standard InChI is InChI=1S/C13H14F2N2O3S/c14-9-4-5-10(17(19)20)12(15)11(9)13(18)16-7-8-3-1-2-6-21-8/h4-5,8H,1-3,6-7H2,(H,16,18). The number of nitrogens with one attached hydrogen (secondary N) is 1. The zero-order chi connectivity index (χ0) is 15.4. The third-order valence-corrected chi connectivity index (χ3v) is 4.66. The predicted molar refractivity (Wildman–Crippen MR) is 75.4 cm³/mol. The summed E-state index contributed by atoms with van der Waals surface area (Å²) in [6.07, 6.45) is 3.13. The summed E-state index contributed by atoms with van der Waals surface area (Å²) in [7, 11) is 0. The van der Waals surface area contributed by atoms with Crippen LogP contribution in [0.1, 0.15) is 29.6 Å². The Morgan fingerprint density at radius 3 is 2.81 bits per heavy atom. The molecule has 1 saturated heterocycles. The topological polar surface area (TPSA) is 72.2 Å². The van der Waals surface area contributed by atoms with Crippen molar-refractivity contribution in [3.8, 4) is 0 Å². The Labute approximate surface area is 124 Å². The molecular formula is C13H14F2N2O3S. The van der Waals surface area contributed by atoms with Gasteiger partial charge < -0.3 is 5.32 Å². The molecule has 0 saturated carbocycles. The van der Waals surface area contributed by atoms with Crippen molar-refractivity contribution < 1.29 is 18.5 Å². The highest BCUT2D eigenvalue weighted by Crippen LogP contribution is 2.25. The number of thioether (sulfide) groups is 1. The van der Waals surface area contributed by atoms with Crippen LogP contribution in [0.25, 0.3) is 0 Å². The molecule has 1 aliphatic heterocycles. The average Bonchev–Trinajstić information content (AvgIpc) is 2.46. The van der Waals surface area contributed by atoms with Gasteiger partial charge in [0.05, 0.1) is 4.92 Å². The number of hydrogen-bond donors (Lipinski definition) is 1. The van der Waals surface area contributed by atoms with E-state index in [1.54, 1.807) is 11.8 Å². The van der Waals surface area contributed by atoms with Crippen LogP contribution in [0.5, 0.6) is 0 Å². The molecule has 1 atom stereocenters. The van der Waals surface area contributed by atoms with Gasteiger partial charge in [-0.05, 0) is 24.7 Å². The minimum absolute atomic E-state index is 0.215. The molecule has 1 aromatic rings. The maximum atomic E-state index is 13.9. The van der Waals surface area contributed by atoms with Crippen molar-refractivity contribution in [2.75, 3.05) is 12.3 Å². The van der Waals surface area contributed by atoms with Crippen LogP contribution >= 0.6 is 11.8 Å². The van der Waals surface area contributed by atoms with Crippen LogP contribution in [-0.4, -0.2) is 28.4 Å². The van der Waals surface area contributed by atoms with Crippen molar-refractivity contribution in [2.45, 2.75) is 24.5 Å². The highest BCUT2D eigenvalue weighted by Gasteiger charge is 2.26. The van der Waals surface area contributed by atoms with Crippen LogP contribution in [0.2, 0.25) is 0 Å². The van der Waals surface area contributed by atoms with E-state index in [0.29, 0.717) is 12.6 Å². The second-order valence-electron chi connectivity index (χ2n) is 4.71. The number of benzene rings is 1. The third-order valence-electron chi connectivity index (χ3n) is 3.26. The molecule has 8 heteroatoms. The monoisotopic (exact) mass is 316 g/mol. The fraction of sp³-hybridized carbons (Fsp3) is 0.462. The van der Waals surface area contributed by atoms with Gasteiger partial charge in [-0.25, -0.2) is 4.39 Å². The van der Waals surface area contributed by atoms with E-state index in [1.807, 2.05) is 0 Å². The number of rotatable bonds is 4. The molecule has 0 aliphatic carbocycles. The zero-order valence-electron chi connectivity index (χ0n) is 11.1. The van der Waals surface area contributed by atoms with E-state index in [2.05, 4.69) is 5.32 Å². The largest absolute Gasteiger partial charge is 0.351 e. The lowest BCUT2D eigenvalue weighted by molar-refractivity contribution is -0.387. The van der Waals surface area contributed by atoms with Gasteiger partial charge in [0.2, 0.25) is 5.82 Å². The number of nitro benzene ring substituents is 1. The molecule has 0 spiro atoms. The summed E-state index contributed by atoms with van der Waals surface area (Å²) in [4.78, 5) is 21.5. The highest BCUT2D eigenvalue weighted by molar-refractivity contribution is 7.99. The molecule has 0 radical (unpaired) electrons. The highest BCUT2D eigenvalue weighted by atomic mass is 32.2. The van der Waals surface area contributed by atoms with E-state index in [4.69, 9.17) is 0 Å². The van der Waals surface area contributed by atoms with E-state index in [0.717, 1.165) is 31.1 Å². The third kappa shape index (κ3) is 3.69. The summed E-state index contributed by atoms with van der Waals surface area (Å²) in [5.74, 6) is -2.50. The van der Waals surface area contributed by atoms with Crippen molar-refractivity contribution in [3.05, 3.63) is 39.4 Å². The molecule has 5 nitrogen and oxygen atoms in total. The molecule has 0 bridgehead atoms. The molecule has 114 valence electrons. The Morgan fingerprint density at radius 2 is 2.19 bits per heavy atom. The van der Waals surface area contributed by atoms with Crippen LogP contribution < -0.4 is 5.32 Å². The van der Waals surface area contributed by atoms with Gasteiger partial charge >= 0.3 is 5.69 Å². The summed E-state index contributed by atoms with van der Waals surface area (Å²) in [6, 6.07) is 1.43. The number of halogens is 2. The van der Waals surface area contributed by atoms with Crippen LogP contribution in [0.4, 0.5) is 14.5 Å². The molecule has 1 fully saturated rings. The van der Waals surface area contributed by atoms with Gasteiger partial charge in [0.15, 0.2) is 0 Å². The molecule has 1 aromatic carbocycles. The number of hydrogen-bond acceptors (Lipinski definition) is 4. The molecule has 1 N–H and O–H groups in total. The summed E-state index contributed by atoms with van der Waals surface area (Å²) >= 11 is 1.71. The molecule has 2 rings (SSSR count). The van der Waals surface area contributed by atoms with Gasteiger partial charge in [0.1, 0.15) is 11.4 Å². The molecule has 1 unspecified atom stereocenters. The molecular weight excluding hydrogens is 302 g/mol. The first kappa shape index (κ1) is 15.7.